The van der Waals surface area contributed by atoms with E-state index in [-0.39, 0.29) is 11.9 Å². The lowest BCUT2D eigenvalue weighted by atomic mass is 10.0. The van der Waals surface area contributed by atoms with Crippen molar-refractivity contribution in [1.29, 1.82) is 0 Å². The Morgan fingerprint density at radius 2 is 2.15 bits per heavy atom. The predicted octanol–water partition coefficient (Wildman–Crippen LogP) is 0.851. The van der Waals surface area contributed by atoms with E-state index in [0.717, 1.165) is 13.0 Å². The van der Waals surface area contributed by atoms with E-state index < -0.39 is 0 Å². The molecule has 2 unspecified atom stereocenters. The number of nitrogens with zero attached hydrogens (tertiary/aromatic N) is 1. The summed E-state index contributed by atoms with van der Waals surface area (Å²) in [4.78, 5) is 13.7. The Morgan fingerprint density at radius 1 is 1.54 bits per heavy atom. The van der Waals surface area contributed by atoms with Gasteiger partial charge in [0.25, 0.3) is 0 Å². The van der Waals surface area contributed by atoms with Crippen molar-refractivity contribution in [3.05, 3.63) is 0 Å². The monoisotopic (exact) mass is 184 g/mol. The molecule has 1 aliphatic heterocycles. The molecule has 0 aromatic heterocycles. The maximum Gasteiger partial charge on any atom is 0.239 e. The number of carbonyl (C=O) groups excluding carboxylic acids is 1. The fourth-order valence-electron chi connectivity index (χ4n) is 1.64. The number of rotatable bonds is 2. The minimum absolute atomic E-state index is 0.0485. The molecule has 1 rings (SSSR count). The first-order valence-corrected chi connectivity index (χ1v) is 5.04. The van der Waals surface area contributed by atoms with E-state index >= 15 is 0 Å². The zero-order valence-electron chi connectivity index (χ0n) is 9.00. The Balaban J connectivity index is 2.56. The van der Waals surface area contributed by atoms with E-state index in [4.69, 9.17) is 0 Å². The lowest BCUT2D eigenvalue weighted by molar-refractivity contribution is -0.134. The molecule has 3 nitrogen and oxygen atoms in total. The molecule has 0 spiro atoms. The molecule has 0 aromatic rings. The molecule has 0 saturated carbocycles. The number of hydrogen-bond acceptors (Lipinski definition) is 2. The van der Waals surface area contributed by atoms with Gasteiger partial charge in [0.05, 0.1) is 6.04 Å². The van der Waals surface area contributed by atoms with Gasteiger partial charge in [0.2, 0.25) is 5.91 Å². The summed E-state index contributed by atoms with van der Waals surface area (Å²) in [5.41, 5.74) is 0. The van der Waals surface area contributed by atoms with Crippen molar-refractivity contribution >= 4 is 5.91 Å². The molecule has 0 aliphatic carbocycles. The Kier molecular flexibility index (Phi) is 3.31. The predicted molar refractivity (Wildman–Crippen MR) is 53.5 cm³/mol. The molecule has 1 saturated heterocycles. The van der Waals surface area contributed by atoms with Gasteiger partial charge in [0, 0.05) is 13.1 Å². The van der Waals surface area contributed by atoms with Crippen LogP contribution in [0.3, 0.4) is 0 Å². The van der Waals surface area contributed by atoms with Crippen molar-refractivity contribution in [2.24, 2.45) is 5.92 Å². The highest BCUT2D eigenvalue weighted by atomic mass is 16.2. The summed E-state index contributed by atoms with van der Waals surface area (Å²) in [6.45, 7) is 7.19. The van der Waals surface area contributed by atoms with Gasteiger partial charge in [-0.15, -0.1) is 0 Å². The maximum atomic E-state index is 11.9. The summed E-state index contributed by atoms with van der Waals surface area (Å²) in [5, 5.41) is 3.25. The first-order valence-electron chi connectivity index (χ1n) is 5.04. The molecule has 0 bridgehead atoms. The SMILES string of the molecule is CC1CCNC1C(=O)N(C)C(C)C. The summed E-state index contributed by atoms with van der Waals surface area (Å²) in [5.74, 6) is 0.716. The van der Waals surface area contributed by atoms with Crippen molar-refractivity contribution in [3.63, 3.8) is 0 Å². The fraction of sp³-hybridized carbons (Fsp3) is 0.900. The lowest BCUT2D eigenvalue weighted by Crippen LogP contribution is -2.46. The zero-order valence-corrected chi connectivity index (χ0v) is 9.00. The highest BCUT2D eigenvalue weighted by Gasteiger charge is 2.31. The van der Waals surface area contributed by atoms with Gasteiger partial charge in [-0.3, -0.25) is 4.79 Å². The Bertz CT molecular complexity index is 191. The van der Waals surface area contributed by atoms with Crippen LogP contribution in [-0.4, -0.2) is 36.5 Å². The molecule has 1 aliphatic rings. The average Bonchev–Trinajstić information content (AvgIpc) is 2.48. The first-order chi connectivity index (χ1) is 6.04. The van der Waals surface area contributed by atoms with Crippen LogP contribution in [0.4, 0.5) is 0 Å². The standard InChI is InChI=1S/C10H20N2O/c1-7(2)12(4)10(13)9-8(3)5-6-11-9/h7-9,11H,5-6H2,1-4H3. The van der Waals surface area contributed by atoms with E-state index in [2.05, 4.69) is 12.2 Å². The third-order valence-electron chi connectivity index (χ3n) is 2.92. The van der Waals surface area contributed by atoms with E-state index in [1.807, 2.05) is 25.8 Å². The quantitative estimate of drug-likeness (QED) is 0.690. The third-order valence-corrected chi connectivity index (χ3v) is 2.92. The molecule has 1 N–H and O–H groups in total. The van der Waals surface area contributed by atoms with Crippen LogP contribution in [0.15, 0.2) is 0 Å². The van der Waals surface area contributed by atoms with E-state index in [1.54, 1.807) is 0 Å². The van der Waals surface area contributed by atoms with Gasteiger partial charge < -0.3 is 10.2 Å². The van der Waals surface area contributed by atoms with Gasteiger partial charge in [-0.1, -0.05) is 6.92 Å². The van der Waals surface area contributed by atoms with Crippen LogP contribution in [0.2, 0.25) is 0 Å². The number of amides is 1. The van der Waals surface area contributed by atoms with Crippen LogP contribution in [-0.2, 0) is 4.79 Å². The number of nitrogens with one attached hydrogen (secondary N) is 1. The Morgan fingerprint density at radius 3 is 2.54 bits per heavy atom. The minimum Gasteiger partial charge on any atom is -0.342 e. The Labute approximate surface area is 80.5 Å². The van der Waals surface area contributed by atoms with Crippen LogP contribution < -0.4 is 5.32 Å². The topological polar surface area (TPSA) is 32.3 Å². The normalized spacial score (nSPS) is 28.1. The summed E-state index contributed by atoms with van der Waals surface area (Å²) in [6, 6.07) is 0.342. The van der Waals surface area contributed by atoms with E-state index in [0.29, 0.717) is 12.0 Å². The molecule has 0 radical (unpaired) electrons. The van der Waals surface area contributed by atoms with E-state index in [1.165, 1.54) is 0 Å². The van der Waals surface area contributed by atoms with Crippen LogP contribution in [0.25, 0.3) is 0 Å². The number of hydrogen-bond donors (Lipinski definition) is 1. The second-order valence-corrected chi connectivity index (χ2v) is 4.24. The van der Waals surface area contributed by atoms with Crippen molar-refractivity contribution in [2.75, 3.05) is 13.6 Å². The molecule has 0 aromatic carbocycles. The summed E-state index contributed by atoms with van der Waals surface area (Å²) in [6.07, 6.45) is 1.11. The third kappa shape index (κ3) is 2.21. The van der Waals surface area contributed by atoms with Crippen molar-refractivity contribution in [1.82, 2.24) is 10.2 Å². The molecule has 1 heterocycles. The second kappa shape index (κ2) is 4.09. The summed E-state index contributed by atoms with van der Waals surface area (Å²) < 4.78 is 0. The fourth-order valence-corrected chi connectivity index (χ4v) is 1.64. The van der Waals surface area contributed by atoms with Crippen LogP contribution >= 0.6 is 0 Å². The lowest BCUT2D eigenvalue weighted by Gasteiger charge is -2.26. The largest absolute Gasteiger partial charge is 0.342 e. The van der Waals surface area contributed by atoms with Crippen LogP contribution in [0, 0.1) is 5.92 Å². The molecule has 76 valence electrons. The molecule has 1 amide bonds. The zero-order chi connectivity index (χ0) is 10.0. The number of likely N-dealkylation sites (N-methyl/N-ethyl adjacent to an activating group) is 1. The molecular weight excluding hydrogens is 164 g/mol. The van der Waals surface area contributed by atoms with Crippen molar-refractivity contribution in [3.8, 4) is 0 Å². The van der Waals surface area contributed by atoms with Gasteiger partial charge >= 0.3 is 0 Å². The highest BCUT2D eigenvalue weighted by Crippen LogP contribution is 2.16. The first kappa shape index (κ1) is 10.5. The van der Waals surface area contributed by atoms with Gasteiger partial charge in [0.1, 0.15) is 0 Å². The highest BCUT2D eigenvalue weighted by molar-refractivity contribution is 5.82. The van der Waals surface area contributed by atoms with Crippen molar-refractivity contribution in [2.45, 2.75) is 39.3 Å². The van der Waals surface area contributed by atoms with Gasteiger partial charge in [0.15, 0.2) is 0 Å². The molecule has 2 atom stereocenters. The molecule has 1 fully saturated rings. The van der Waals surface area contributed by atoms with E-state index in [9.17, 15) is 4.79 Å². The number of carbonyl (C=O) groups is 1. The van der Waals surface area contributed by atoms with Gasteiger partial charge in [-0.05, 0) is 32.7 Å². The second-order valence-electron chi connectivity index (χ2n) is 4.24. The van der Waals surface area contributed by atoms with Crippen molar-refractivity contribution < 1.29 is 4.79 Å². The average molecular weight is 184 g/mol. The molecule has 3 heteroatoms. The van der Waals surface area contributed by atoms with Gasteiger partial charge in [-0.25, -0.2) is 0 Å². The summed E-state index contributed by atoms with van der Waals surface area (Å²) >= 11 is 0. The van der Waals surface area contributed by atoms with Gasteiger partial charge in [-0.2, -0.15) is 0 Å². The molecule has 13 heavy (non-hydrogen) atoms. The Hall–Kier alpha value is -0.570. The maximum absolute atomic E-state index is 11.9. The van der Waals surface area contributed by atoms with Crippen LogP contribution in [0.5, 0.6) is 0 Å². The minimum atomic E-state index is 0.0485. The van der Waals surface area contributed by atoms with Crippen LogP contribution in [0.1, 0.15) is 27.2 Å². The molecular formula is C10H20N2O. The smallest absolute Gasteiger partial charge is 0.239 e. The summed E-state index contributed by atoms with van der Waals surface area (Å²) in [7, 11) is 1.87.